The van der Waals surface area contributed by atoms with E-state index in [0.29, 0.717) is 21.8 Å². The molecule has 0 saturated heterocycles. The van der Waals surface area contributed by atoms with Gasteiger partial charge in [-0.2, -0.15) is 0 Å². The molecule has 3 aromatic carbocycles. The summed E-state index contributed by atoms with van der Waals surface area (Å²) in [4.78, 5) is 23.7. The van der Waals surface area contributed by atoms with Gasteiger partial charge in [0, 0.05) is 22.9 Å². The molecule has 4 rings (SSSR count). The number of nitrogens with zero attached hydrogens (tertiary/aromatic N) is 2. The lowest BCUT2D eigenvalue weighted by atomic mass is 10.1. The number of nitrogens with one attached hydrogen (secondary N) is 1. The second-order valence-corrected chi connectivity index (χ2v) is 8.61. The maximum Gasteiger partial charge on any atom is 0.270 e. The van der Waals surface area contributed by atoms with Gasteiger partial charge in [0.1, 0.15) is 0 Å². The zero-order valence-corrected chi connectivity index (χ0v) is 16.7. The summed E-state index contributed by atoms with van der Waals surface area (Å²) in [5.74, 6) is -0.495. The Bertz CT molecular complexity index is 1410. The van der Waals surface area contributed by atoms with Crippen LogP contribution in [0.1, 0.15) is 10.4 Å². The second kappa shape index (κ2) is 7.36. The lowest BCUT2D eigenvalue weighted by Gasteiger charge is -2.09. The summed E-state index contributed by atoms with van der Waals surface area (Å²) in [6.45, 7) is 1.39. The Morgan fingerprint density at radius 2 is 1.67 bits per heavy atom. The topological polar surface area (TPSA) is 111 Å². The van der Waals surface area contributed by atoms with Crippen molar-refractivity contribution in [2.45, 2.75) is 11.8 Å². The van der Waals surface area contributed by atoms with E-state index in [1.807, 2.05) is 6.92 Å². The van der Waals surface area contributed by atoms with E-state index in [1.165, 1.54) is 34.9 Å². The number of hydrogen-bond donors (Lipinski definition) is 1. The summed E-state index contributed by atoms with van der Waals surface area (Å²) in [5.41, 5.74) is 1.86. The zero-order valence-electron chi connectivity index (χ0n) is 15.9. The molecule has 0 saturated carbocycles. The quantitative estimate of drug-likeness (QED) is 0.389. The molecule has 0 fully saturated rings. The first kappa shape index (κ1) is 19.7. The molecule has 0 atom stereocenters. The molecule has 0 spiro atoms. The van der Waals surface area contributed by atoms with Crippen LogP contribution in [0.25, 0.3) is 21.8 Å². The second-order valence-electron chi connectivity index (χ2n) is 6.84. The van der Waals surface area contributed by atoms with E-state index in [2.05, 4.69) is 4.72 Å². The van der Waals surface area contributed by atoms with Crippen LogP contribution in [-0.4, -0.2) is 30.4 Å². The molecule has 9 heteroatoms. The Balaban J connectivity index is 1.72. The number of rotatable bonds is 5. The SMILES string of the molecule is Cc1ccc(S(=O)(=O)NCC(=O)n2c3ccccc3c3cc([N+](=O)[O-])ccc32)cc1. The van der Waals surface area contributed by atoms with Crippen LogP contribution in [0.2, 0.25) is 0 Å². The van der Waals surface area contributed by atoms with Crippen molar-refractivity contribution in [1.29, 1.82) is 0 Å². The first-order chi connectivity index (χ1) is 14.3. The summed E-state index contributed by atoms with van der Waals surface area (Å²) < 4.78 is 28.7. The molecule has 0 unspecified atom stereocenters. The van der Waals surface area contributed by atoms with Crippen molar-refractivity contribution in [2.75, 3.05) is 6.54 Å². The van der Waals surface area contributed by atoms with Crippen LogP contribution in [0.15, 0.2) is 71.6 Å². The first-order valence-electron chi connectivity index (χ1n) is 9.05. The van der Waals surface area contributed by atoms with Crippen LogP contribution < -0.4 is 4.72 Å². The Morgan fingerprint density at radius 3 is 2.37 bits per heavy atom. The third-order valence-electron chi connectivity index (χ3n) is 4.86. The van der Waals surface area contributed by atoms with E-state index in [4.69, 9.17) is 0 Å². The third kappa shape index (κ3) is 3.44. The highest BCUT2D eigenvalue weighted by atomic mass is 32.2. The number of carbonyl (C=O) groups is 1. The van der Waals surface area contributed by atoms with Gasteiger partial charge in [-0.25, -0.2) is 13.1 Å². The predicted molar refractivity (Wildman–Crippen MR) is 113 cm³/mol. The minimum Gasteiger partial charge on any atom is -0.279 e. The molecular formula is C21H17N3O5S. The van der Waals surface area contributed by atoms with E-state index >= 15 is 0 Å². The number of para-hydroxylation sites is 1. The fourth-order valence-electron chi connectivity index (χ4n) is 3.38. The van der Waals surface area contributed by atoms with E-state index in [9.17, 15) is 23.3 Å². The molecular weight excluding hydrogens is 406 g/mol. The maximum atomic E-state index is 13.0. The Hall–Kier alpha value is -3.56. The van der Waals surface area contributed by atoms with Gasteiger partial charge >= 0.3 is 0 Å². The minimum atomic E-state index is -3.86. The van der Waals surface area contributed by atoms with Gasteiger partial charge in [0.2, 0.25) is 15.9 Å². The van der Waals surface area contributed by atoms with Crippen molar-refractivity contribution in [3.05, 3.63) is 82.4 Å². The number of fused-ring (bicyclic) bond motifs is 3. The van der Waals surface area contributed by atoms with E-state index in [-0.39, 0.29) is 10.6 Å². The molecule has 1 N–H and O–H groups in total. The Kier molecular flexibility index (Phi) is 4.84. The minimum absolute atomic E-state index is 0.0683. The summed E-state index contributed by atoms with van der Waals surface area (Å²) in [5, 5.41) is 12.4. The highest BCUT2D eigenvalue weighted by Crippen LogP contribution is 2.31. The van der Waals surface area contributed by atoms with Crippen LogP contribution in [0.4, 0.5) is 5.69 Å². The van der Waals surface area contributed by atoms with E-state index in [1.54, 1.807) is 36.4 Å². The number of non-ortho nitro benzene ring substituents is 1. The average Bonchev–Trinajstić information content (AvgIpc) is 3.06. The number of aryl methyl sites for hydroxylation is 1. The molecule has 0 bridgehead atoms. The van der Waals surface area contributed by atoms with E-state index in [0.717, 1.165) is 5.56 Å². The highest BCUT2D eigenvalue weighted by Gasteiger charge is 2.21. The number of carbonyl (C=O) groups excluding carboxylic acids is 1. The molecule has 1 aromatic heterocycles. The monoisotopic (exact) mass is 423 g/mol. The van der Waals surface area contributed by atoms with Crippen LogP contribution in [-0.2, 0) is 10.0 Å². The van der Waals surface area contributed by atoms with Gasteiger partial charge in [-0.3, -0.25) is 19.5 Å². The van der Waals surface area contributed by atoms with Crippen LogP contribution in [0.5, 0.6) is 0 Å². The lowest BCUT2D eigenvalue weighted by molar-refractivity contribution is -0.384. The fraction of sp³-hybridized carbons (Fsp3) is 0.0952. The molecule has 4 aromatic rings. The molecule has 0 radical (unpaired) electrons. The van der Waals surface area contributed by atoms with Gasteiger partial charge in [-0.05, 0) is 31.2 Å². The number of benzene rings is 3. The van der Waals surface area contributed by atoms with Gasteiger partial charge in [0.15, 0.2) is 0 Å². The molecule has 0 aliphatic rings. The summed E-state index contributed by atoms with van der Waals surface area (Å²) in [6.07, 6.45) is 0. The fourth-order valence-corrected chi connectivity index (χ4v) is 4.35. The van der Waals surface area contributed by atoms with Crippen molar-refractivity contribution in [3.63, 3.8) is 0 Å². The highest BCUT2D eigenvalue weighted by molar-refractivity contribution is 7.89. The molecule has 0 aliphatic heterocycles. The van der Waals surface area contributed by atoms with Gasteiger partial charge in [-0.15, -0.1) is 0 Å². The predicted octanol–water partition coefficient (Wildman–Crippen LogP) is 3.63. The summed E-state index contributed by atoms with van der Waals surface area (Å²) in [7, 11) is -3.86. The zero-order chi connectivity index (χ0) is 21.5. The van der Waals surface area contributed by atoms with Crippen LogP contribution in [0.3, 0.4) is 0 Å². The van der Waals surface area contributed by atoms with Crippen molar-refractivity contribution < 1.29 is 18.1 Å². The molecule has 0 amide bonds. The molecule has 1 heterocycles. The Labute approximate surface area is 171 Å². The maximum absolute atomic E-state index is 13.0. The van der Waals surface area contributed by atoms with Gasteiger partial charge in [-0.1, -0.05) is 35.9 Å². The number of sulfonamides is 1. The standard InChI is InChI=1S/C21H17N3O5S/c1-14-6-9-16(10-7-14)30(28,29)22-13-21(25)23-19-5-3-2-4-17(19)18-12-15(24(26)27)8-11-20(18)23/h2-12,22H,13H2,1H3. The average molecular weight is 423 g/mol. The van der Waals surface area contributed by atoms with Crippen molar-refractivity contribution in [2.24, 2.45) is 0 Å². The van der Waals surface area contributed by atoms with Gasteiger partial charge in [0.25, 0.3) is 5.69 Å². The van der Waals surface area contributed by atoms with Crippen molar-refractivity contribution >= 4 is 43.4 Å². The number of aromatic nitrogens is 1. The van der Waals surface area contributed by atoms with E-state index < -0.39 is 27.4 Å². The largest absolute Gasteiger partial charge is 0.279 e. The van der Waals surface area contributed by atoms with Crippen molar-refractivity contribution in [1.82, 2.24) is 9.29 Å². The van der Waals surface area contributed by atoms with Crippen LogP contribution >= 0.6 is 0 Å². The van der Waals surface area contributed by atoms with Crippen LogP contribution in [0, 0.1) is 17.0 Å². The summed E-state index contributed by atoms with van der Waals surface area (Å²) in [6, 6.07) is 17.5. The normalized spacial score (nSPS) is 11.8. The Morgan fingerprint density at radius 1 is 1.00 bits per heavy atom. The van der Waals surface area contributed by atoms with Gasteiger partial charge < -0.3 is 0 Å². The number of nitro benzene ring substituents is 1. The molecule has 30 heavy (non-hydrogen) atoms. The molecule has 0 aliphatic carbocycles. The first-order valence-corrected chi connectivity index (χ1v) is 10.5. The third-order valence-corrected chi connectivity index (χ3v) is 6.28. The van der Waals surface area contributed by atoms with Gasteiger partial charge in [0.05, 0.1) is 27.4 Å². The van der Waals surface area contributed by atoms with Crippen molar-refractivity contribution in [3.8, 4) is 0 Å². The number of hydrogen-bond acceptors (Lipinski definition) is 5. The molecule has 152 valence electrons. The lowest BCUT2D eigenvalue weighted by Crippen LogP contribution is -2.32. The smallest absolute Gasteiger partial charge is 0.270 e. The summed E-state index contributed by atoms with van der Waals surface area (Å²) >= 11 is 0. The number of nitro groups is 1. The molecule has 8 nitrogen and oxygen atoms in total.